The molecular weight excluding hydrogens is 222 g/mol. The fraction of sp³-hybridized carbons (Fsp3) is 0.400. The van der Waals surface area contributed by atoms with Crippen LogP contribution in [0.2, 0.25) is 0 Å². The highest BCUT2D eigenvalue weighted by molar-refractivity contribution is 5.87. The van der Waals surface area contributed by atoms with Gasteiger partial charge in [0.2, 0.25) is 0 Å². The zero-order valence-electron chi connectivity index (χ0n) is 9.70. The Balaban J connectivity index is 2.16. The number of rotatable bonds is 4. The summed E-state index contributed by atoms with van der Waals surface area (Å²) in [7, 11) is 1.69. The maximum atomic E-state index is 11.6. The summed E-state index contributed by atoms with van der Waals surface area (Å²) in [6, 6.07) is 3.48. The number of aromatic nitrogens is 5. The van der Waals surface area contributed by atoms with Gasteiger partial charge in [-0.1, -0.05) is 0 Å². The molecule has 0 aliphatic heterocycles. The van der Waals surface area contributed by atoms with Crippen LogP contribution in [-0.4, -0.2) is 37.4 Å². The van der Waals surface area contributed by atoms with Crippen molar-refractivity contribution in [3.05, 3.63) is 29.8 Å². The van der Waals surface area contributed by atoms with E-state index in [1.54, 1.807) is 36.9 Å². The standard InChI is InChI=1S/C10H13N5O2/c1-3-17-10(16)8-5-4-6-15(8)7-9-11-13-14(2)12-9/h4-6H,3,7H2,1-2H3. The van der Waals surface area contributed by atoms with Gasteiger partial charge in [0.05, 0.1) is 20.2 Å². The smallest absolute Gasteiger partial charge is 0.354 e. The number of nitrogens with zero attached hydrogens (tertiary/aromatic N) is 5. The summed E-state index contributed by atoms with van der Waals surface area (Å²) in [6.07, 6.45) is 1.78. The molecule has 0 saturated heterocycles. The van der Waals surface area contributed by atoms with Gasteiger partial charge in [-0.05, 0) is 24.3 Å². The number of carbonyl (C=O) groups excluding carboxylic acids is 1. The van der Waals surface area contributed by atoms with Crippen molar-refractivity contribution in [1.82, 2.24) is 24.8 Å². The number of aryl methyl sites for hydroxylation is 1. The first-order valence-corrected chi connectivity index (χ1v) is 5.26. The molecule has 17 heavy (non-hydrogen) atoms. The highest BCUT2D eigenvalue weighted by atomic mass is 16.5. The molecule has 90 valence electrons. The molecule has 0 aliphatic carbocycles. The van der Waals surface area contributed by atoms with Crippen molar-refractivity contribution in [3.63, 3.8) is 0 Å². The van der Waals surface area contributed by atoms with Crippen LogP contribution in [0.1, 0.15) is 23.2 Å². The Morgan fingerprint density at radius 2 is 2.35 bits per heavy atom. The van der Waals surface area contributed by atoms with Crippen LogP contribution in [0, 0.1) is 0 Å². The Morgan fingerprint density at radius 3 is 3.00 bits per heavy atom. The molecule has 0 saturated carbocycles. The SMILES string of the molecule is CCOC(=O)c1cccn1Cc1nnn(C)n1. The summed E-state index contributed by atoms with van der Waals surface area (Å²) in [4.78, 5) is 13.0. The normalized spacial score (nSPS) is 10.5. The summed E-state index contributed by atoms with van der Waals surface area (Å²) >= 11 is 0. The summed E-state index contributed by atoms with van der Waals surface area (Å²) in [6.45, 7) is 2.53. The molecule has 0 atom stereocenters. The van der Waals surface area contributed by atoms with Gasteiger partial charge in [-0.3, -0.25) is 0 Å². The summed E-state index contributed by atoms with van der Waals surface area (Å²) < 4.78 is 6.68. The Bertz CT molecular complexity index is 516. The number of hydrogen-bond donors (Lipinski definition) is 0. The van der Waals surface area contributed by atoms with E-state index >= 15 is 0 Å². The second kappa shape index (κ2) is 4.77. The first kappa shape index (κ1) is 11.3. The van der Waals surface area contributed by atoms with E-state index < -0.39 is 0 Å². The summed E-state index contributed by atoms with van der Waals surface area (Å²) in [5.41, 5.74) is 0.485. The van der Waals surface area contributed by atoms with Gasteiger partial charge in [-0.2, -0.15) is 4.80 Å². The Labute approximate surface area is 98.0 Å². The van der Waals surface area contributed by atoms with Crippen molar-refractivity contribution in [2.75, 3.05) is 6.61 Å². The second-order valence-electron chi connectivity index (χ2n) is 3.44. The molecular formula is C10H13N5O2. The lowest BCUT2D eigenvalue weighted by Gasteiger charge is -2.05. The minimum Gasteiger partial charge on any atom is -0.461 e. The molecule has 7 nitrogen and oxygen atoms in total. The minimum atomic E-state index is -0.346. The van der Waals surface area contributed by atoms with E-state index in [-0.39, 0.29) is 5.97 Å². The molecule has 0 N–H and O–H groups in total. The largest absolute Gasteiger partial charge is 0.461 e. The van der Waals surface area contributed by atoms with Crippen LogP contribution in [0.15, 0.2) is 18.3 Å². The van der Waals surface area contributed by atoms with Gasteiger partial charge in [0, 0.05) is 6.20 Å². The second-order valence-corrected chi connectivity index (χ2v) is 3.44. The third kappa shape index (κ3) is 2.49. The summed E-state index contributed by atoms with van der Waals surface area (Å²) in [5.74, 6) is 0.204. The van der Waals surface area contributed by atoms with Gasteiger partial charge in [-0.25, -0.2) is 4.79 Å². The molecule has 7 heteroatoms. The molecule has 0 unspecified atom stereocenters. The van der Waals surface area contributed by atoms with E-state index in [4.69, 9.17) is 4.74 Å². The van der Waals surface area contributed by atoms with Gasteiger partial charge >= 0.3 is 5.97 Å². The van der Waals surface area contributed by atoms with Crippen molar-refractivity contribution < 1.29 is 9.53 Å². The maximum Gasteiger partial charge on any atom is 0.354 e. The van der Waals surface area contributed by atoms with Crippen LogP contribution in [-0.2, 0) is 18.3 Å². The quantitative estimate of drug-likeness (QED) is 0.709. The van der Waals surface area contributed by atoms with E-state index in [0.29, 0.717) is 24.7 Å². The van der Waals surface area contributed by atoms with Gasteiger partial charge < -0.3 is 9.30 Å². The zero-order valence-corrected chi connectivity index (χ0v) is 9.70. The molecule has 0 aliphatic rings. The number of ether oxygens (including phenoxy) is 1. The summed E-state index contributed by atoms with van der Waals surface area (Å²) in [5, 5.41) is 11.7. The Morgan fingerprint density at radius 1 is 1.53 bits per heavy atom. The zero-order chi connectivity index (χ0) is 12.3. The molecule has 2 heterocycles. The third-order valence-electron chi connectivity index (χ3n) is 2.18. The molecule has 2 aromatic heterocycles. The predicted octanol–water partition coefficient (Wildman–Crippen LogP) is 0.237. The topological polar surface area (TPSA) is 74.8 Å². The van der Waals surface area contributed by atoms with E-state index in [0.717, 1.165) is 0 Å². The van der Waals surface area contributed by atoms with Crippen molar-refractivity contribution >= 4 is 5.97 Å². The van der Waals surface area contributed by atoms with E-state index in [2.05, 4.69) is 15.4 Å². The number of hydrogen-bond acceptors (Lipinski definition) is 5. The Kier molecular flexibility index (Phi) is 3.17. The minimum absolute atomic E-state index is 0.346. The molecule has 0 radical (unpaired) electrons. The average Bonchev–Trinajstić information content (AvgIpc) is 2.89. The van der Waals surface area contributed by atoms with Crippen LogP contribution < -0.4 is 0 Å². The highest BCUT2D eigenvalue weighted by Gasteiger charge is 2.13. The Hall–Kier alpha value is -2.18. The number of tetrazole rings is 1. The molecule has 2 aromatic rings. The lowest BCUT2D eigenvalue weighted by Crippen LogP contribution is -2.13. The molecule has 0 bridgehead atoms. The van der Waals surface area contributed by atoms with Crippen LogP contribution in [0.3, 0.4) is 0 Å². The van der Waals surface area contributed by atoms with Crippen molar-refractivity contribution in [2.45, 2.75) is 13.5 Å². The van der Waals surface area contributed by atoms with Crippen molar-refractivity contribution in [3.8, 4) is 0 Å². The molecule has 0 spiro atoms. The average molecular weight is 235 g/mol. The van der Waals surface area contributed by atoms with Crippen LogP contribution in [0.25, 0.3) is 0 Å². The van der Waals surface area contributed by atoms with Crippen molar-refractivity contribution in [2.24, 2.45) is 7.05 Å². The predicted molar refractivity (Wildman–Crippen MR) is 58.3 cm³/mol. The third-order valence-corrected chi connectivity index (χ3v) is 2.18. The molecule has 0 fully saturated rings. The van der Waals surface area contributed by atoms with Crippen molar-refractivity contribution in [1.29, 1.82) is 0 Å². The first-order valence-electron chi connectivity index (χ1n) is 5.26. The van der Waals surface area contributed by atoms with E-state index in [1.165, 1.54) is 4.80 Å². The van der Waals surface area contributed by atoms with Crippen LogP contribution >= 0.6 is 0 Å². The fourth-order valence-electron chi connectivity index (χ4n) is 1.48. The maximum absolute atomic E-state index is 11.6. The highest BCUT2D eigenvalue weighted by Crippen LogP contribution is 2.06. The van der Waals surface area contributed by atoms with Crippen LogP contribution in [0.5, 0.6) is 0 Å². The monoisotopic (exact) mass is 235 g/mol. The lowest BCUT2D eigenvalue weighted by atomic mass is 10.4. The van der Waals surface area contributed by atoms with Gasteiger partial charge in [0.1, 0.15) is 5.69 Å². The molecule has 0 amide bonds. The molecule has 2 rings (SSSR count). The number of esters is 1. The van der Waals surface area contributed by atoms with E-state index in [9.17, 15) is 4.79 Å². The fourth-order valence-corrected chi connectivity index (χ4v) is 1.48. The van der Waals surface area contributed by atoms with Gasteiger partial charge in [0.15, 0.2) is 5.82 Å². The lowest BCUT2D eigenvalue weighted by molar-refractivity contribution is 0.0514. The number of carbonyl (C=O) groups is 1. The van der Waals surface area contributed by atoms with Crippen LogP contribution in [0.4, 0.5) is 0 Å². The van der Waals surface area contributed by atoms with Gasteiger partial charge in [-0.15, -0.1) is 10.2 Å². The van der Waals surface area contributed by atoms with E-state index in [1.807, 2.05) is 0 Å². The van der Waals surface area contributed by atoms with Gasteiger partial charge in [0.25, 0.3) is 0 Å². The molecule has 0 aromatic carbocycles. The first-order chi connectivity index (χ1) is 8.20.